The van der Waals surface area contributed by atoms with E-state index >= 15 is 0 Å². The predicted octanol–water partition coefficient (Wildman–Crippen LogP) is 3.22. The Morgan fingerprint density at radius 2 is 1.89 bits per heavy atom. The van der Waals surface area contributed by atoms with Crippen LogP contribution in [0.15, 0.2) is 36.7 Å². The zero-order valence-electron chi connectivity index (χ0n) is 16.0. The number of carbonyl (C=O) groups is 1. The van der Waals surface area contributed by atoms with Crippen molar-refractivity contribution in [2.24, 2.45) is 0 Å². The van der Waals surface area contributed by atoms with Crippen molar-refractivity contribution < 1.29 is 19.4 Å². The van der Waals surface area contributed by atoms with Crippen molar-refractivity contribution in [3.8, 4) is 0 Å². The van der Waals surface area contributed by atoms with Gasteiger partial charge >= 0.3 is 6.09 Å². The Labute approximate surface area is 159 Å². The first-order chi connectivity index (χ1) is 12.8. The van der Waals surface area contributed by atoms with Crippen LogP contribution in [0.2, 0.25) is 0 Å². The lowest BCUT2D eigenvalue weighted by molar-refractivity contribution is -0.140. The quantitative estimate of drug-likeness (QED) is 0.834. The van der Waals surface area contributed by atoms with E-state index in [4.69, 9.17) is 9.47 Å². The molecular formula is C21H26N2O4. The van der Waals surface area contributed by atoms with Crippen molar-refractivity contribution in [3.63, 3.8) is 0 Å². The van der Waals surface area contributed by atoms with Crippen molar-refractivity contribution in [2.75, 3.05) is 13.2 Å². The molecule has 144 valence electrons. The van der Waals surface area contributed by atoms with Crippen molar-refractivity contribution in [1.29, 1.82) is 0 Å². The molecule has 1 aromatic heterocycles. The van der Waals surface area contributed by atoms with E-state index in [2.05, 4.69) is 4.98 Å². The van der Waals surface area contributed by atoms with Crippen LogP contribution in [0.3, 0.4) is 0 Å². The number of pyridine rings is 1. The lowest BCUT2D eigenvalue weighted by Crippen LogP contribution is -2.63. The second-order valence-electron chi connectivity index (χ2n) is 8.58. The van der Waals surface area contributed by atoms with Crippen molar-refractivity contribution in [3.05, 3.63) is 42.2 Å². The Balaban J connectivity index is 1.67. The molecule has 2 aromatic rings. The number of morpholine rings is 1. The molecule has 2 aliphatic heterocycles. The van der Waals surface area contributed by atoms with Gasteiger partial charge in [0.05, 0.1) is 30.9 Å². The van der Waals surface area contributed by atoms with Crippen LogP contribution in [-0.4, -0.2) is 52.0 Å². The third-order valence-corrected chi connectivity index (χ3v) is 5.33. The molecule has 3 heterocycles. The SMILES string of the molecule is CC(C)(C)OC(=O)N1C2COCC1CC(O)(c1cncc3ccccc13)C2. The summed E-state index contributed by atoms with van der Waals surface area (Å²) < 4.78 is 11.3. The topological polar surface area (TPSA) is 71.9 Å². The van der Waals surface area contributed by atoms with E-state index in [1.165, 1.54) is 0 Å². The molecule has 4 rings (SSSR count). The van der Waals surface area contributed by atoms with Gasteiger partial charge in [0.15, 0.2) is 0 Å². The fourth-order valence-electron chi connectivity index (χ4n) is 4.30. The van der Waals surface area contributed by atoms with Crippen LogP contribution < -0.4 is 0 Å². The molecule has 6 nitrogen and oxygen atoms in total. The summed E-state index contributed by atoms with van der Waals surface area (Å²) in [7, 11) is 0. The summed E-state index contributed by atoms with van der Waals surface area (Å²) in [6, 6.07) is 7.49. The van der Waals surface area contributed by atoms with E-state index < -0.39 is 11.2 Å². The van der Waals surface area contributed by atoms with Gasteiger partial charge in [0.2, 0.25) is 0 Å². The molecule has 1 aromatic carbocycles. The lowest BCUT2D eigenvalue weighted by atomic mass is 9.76. The number of ether oxygens (including phenoxy) is 2. The van der Waals surface area contributed by atoms with Crippen LogP contribution in [0.25, 0.3) is 10.8 Å². The van der Waals surface area contributed by atoms with Crippen LogP contribution in [0.1, 0.15) is 39.2 Å². The maximum absolute atomic E-state index is 12.7. The second-order valence-corrected chi connectivity index (χ2v) is 8.58. The largest absolute Gasteiger partial charge is 0.444 e. The van der Waals surface area contributed by atoms with Crippen LogP contribution in [0.5, 0.6) is 0 Å². The van der Waals surface area contributed by atoms with Gasteiger partial charge in [-0.05, 0) is 26.2 Å². The Morgan fingerprint density at radius 1 is 1.22 bits per heavy atom. The van der Waals surface area contributed by atoms with Gasteiger partial charge in [-0.2, -0.15) is 0 Å². The Kier molecular flexibility index (Phi) is 4.35. The molecule has 1 N–H and O–H groups in total. The van der Waals surface area contributed by atoms with Crippen LogP contribution in [-0.2, 0) is 15.1 Å². The normalized spacial score (nSPS) is 28.2. The molecule has 2 fully saturated rings. The first-order valence-corrected chi connectivity index (χ1v) is 9.41. The maximum Gasteiger partial charge on any atom is 0.410 e. The van der Waals surface area contributed by atoms with Crippen molar-refractivity contribution in [2.45, 2.75) is 56.9 Å². The van der Waals surface area contributed by atoms with E-state index in [0.29, 0.717) is 26.1 Å². The molecule has 2 saturated heterocycles. The zero-order chi connectivity index (χ0) is 19.2. The van der Waals surface area contributed by atoms with E-state index in [9.17, 15) is 9.90 Å². The summed E-state index contributed by atoms with van der Waals surface area (Å²) in [5.41, 5.74) is -0.785. The van der Waals surface area contributed by atoms with Gasteiger partial charge in [-0.25, -0.2) is 4.79 Å². The van der Waals surface area contributed by atoms with Gasteiger partial charge in [-0.1, -0.05) is 24.3 Å². The van der Waals surface area contributed by atoms with Gasteiger partial charge in [0.1, 0.15) is 5.60 Å². The van der Waals surface area contributed by atoms with Crippen LogP contribution in [0, 0.1) is 0 Å². The molecule has 0 aliphatic carbocycles. The van der Waals surface area contributed by atoms with Crippen LogP contribution >= 0.6 is 0 Å². The fraction of sp³-hybridized carbons (Fsp3) is 0.524. The number of nitrogens with zero attached hydrogens (tertiary/aromatic N) is 2. The van der Waals surface area contributed by atoms with E-state index in [0.717, 1.165) is 16.3 Å². The van der Waals surface area contributed by atoms with Crippen molar-refractivity contribution in [1.82, 2.24) is 9.88 Å². The Morgan fingerprint density at radius 3 is 2.56 bits per heavy atom. The molecular weight excluding hydrogens is 344 g/mol. The van der Waals surface area contributed by atoms with Gasteiger partial charge in [0, 0.05) is 36.2 Å². The second kappa shape index (κ2) is 6.46. The first kappa shape index (κ1) is 18.2. The van der Waals surface area contributed by atoms with E-state index in [-0.39, 0.29) is 18.2 Å². The minimum absolute atomic E-state index is 0.226. The summed E-state index contributed by atoms with van der Waals surface area (Å²) in [5.74, 6) is 0. The standard InChI is InChI=1S/C21H26N2O4/c1-20(2,3)27-19(24)23-15-8-21(25,9-16(23)13-26-12-15)18-11-22-10-14-6-4-5-7-17(14)18/h4-7,10-11,15-16,25H,8-9,12-13H2,1-3H3. The smallest absolute Gasteiger partial charge is 0.410 e. The number of hydrogen-bond acceptors (Lipinski definition) is 5. The number of carbonyl (C=O) groups excluding carboxylic acids is 1. The number of hydrogen-bond donors (Lipinski definition) is 1. The monoisotopic (exact) mass is 370 g/mol. The van der Waals surface area contributed by atoms with Gasteiger partial charge in [-0.15, -0.1) is 0 Å². The fourth-order valence-corrected chi connectivity index (χ4v) is 4.30. The van der Waals surface area contributed by atoms with E-state index in [1.54, 1.807) is 11.1 Å². The Hall–Kier alpha value is -2.18. The number of aromatic nitrogens is 1. The highest BCUT2D eigenvalue weighted by atomic mass is 16.6. The molecule has 6 heteroatoms. The van der Waals surface area contributed by atoms with Crippen LogP contribution in [0.4, 0.5) is 4.79 Å². The highest BCUT2D eigenvalue weighted by Crippen LogP contribution is 2.43. The summed E-state index contributed by atoms with van der Waals surface area (Å²) in [5, 5.41) is 13.6. The number of benzene rings is 1. The summed E-state index contributed by atoms with van der Waals surface area (Å²) >= 11 is 0. The highest BCUT2D eigenvalue weighted by molar-refractivity contribution is 5.85. The zero-order valence-corrected chi connectivity index (χ0v) is 16.0. The third kappa shape index (κ3) is 3.39. The number of piperidine rings is 1. The first-order valence-electron chi connectivity index (χ1n) is 9.41. The average Bonchev–Trinajstić information content (AvgIpc) is 2.59. The number of amides is 1. The molecule has 0 saturated carbocycles. The molecule has 2 aliphatic rings. The minimum Gasteiger partial charge on any atom is -0.444 e. The van der Waals surface area contributed by atoms with Gasteiger partial charge in [-0.3, -0.25) is 9.88 Å². The summed E-state index contributed by atoms with van der Waals surface area (Å²) in [6.07, 6.45) is 4.03. The molecule has 2 atom stereocenters. The summed E-state index contributed by atoms with van der Waals surface area (Å²) in [4.78, 5) is 18.8. The van der Waals surface area contributed by atoms with Gasteiger partial charge < -0.3 is 14.6 Å². The van der Waals surface area contributed by atoms with Gasteiger partial charge in [0.25, 0.3) is 0 Å². The van der Waals surface area contributed by atoms with E-state index in [1.807, 2.05) is 51.2 Å². The highest BCUT2D eigenvalue weighted by Gasteiger charge is 2.50. The number of aliphatic hydroxyl groups is 1. The third-order valence-electron chi connectivity index (χ3n) is 5.33. The molecule has 0 spiro atoms. The summed E-state index contributed by atoms with van der Waals surface area (Å²) in [6.45, 7) is 6.38. The minimum atomic E-state index is -1.05. The molecule has 2 bridgehead atoms. The maximum atomic E-state index is 12.7. The molecule has 2 unspecified atom stereocenters. The Bertz CT molecular complexity index is 841. The molecule has 27 heavy (non-hydrogen) atoms. The van der Waals surface area contributed by atoms with Crippen molar-refractivity contribution >= 4 is 16.9 Å². The number of rotatable bonds is 1. The molecule has 0 radical (unpaired) electrons. The number of fused-ring (bicyclic) bond motifs is 3. The lowest BCUT2D eigenvalue weighted by Gasteiger charge is -2.51. The predicted molar refractivity (Wildman–Crippen MR) is 101 cm³/mol. The molecule has 1 amide bonds. The average molecular weight is 370 g/mol.